The highest BCUT2D eigenvalue weighted by molar-refractivity contribution is 7.47. The van der Waals surface area contributed by atoms with Gasteiger partial charge >= 0.3 is 39.5 Å². The summed E-state index contributed by atoms with van der Waals surface area (Å²) in [5, 5.41) is 10.6. The molecule has 0 aromatic rings. The Kier molecular flexibility index (Phi) is 71.2. The second kappa shape index (κ2) is 72.6. The highest BCUT2D eigenvalue weighted by Gasteiger charge is 2.30. The lowest BCUT2D eigenvalue weighted by atomic mass is 10.0. The van der Waals surface area contributed by atoms with Crippen molar-refractivity contribution in [2.45, 2.75) is 445 Å². The summed E-state index contributed by atoms with van der Waals surface area (Å²) < 4.78 is 68.7. The van der Waals surface area contributed by atoms with Crippen molar-refractivity contribution in [3.05, 3.63) is 0 Å². The maximum Gasteiger partial charge on any atom is 0.472 e. The van der Waals surface area contributed by atoms with Gasteiger partial charge in [0.25, 0.3) is 0 Å². The number of unbranched alkanes of at least 4 members (excludes halogenated alkanes) is 50. The van der Waals surface area contributed by atoms with Gasteiger partial charge in [0, 0.05) is 25.7 Å². The van der Waals surface area contributed by atoms with Crippen LogP contribution in [-0.2, 0) is 65.4 Å². The molecule has 0 aliphatic carbocycles. The second-order valence-corrected chi connectivity index (χ2v) is 33.0. The first-order valence-electron chi connectivity index (χ1n) is 42.0. The largest absolute Gasteiger partial charge is 0.472 e. The van der Waals surface area contributed by atoms with Gasteiger partial charge in [-0.25, -0.2) is 9.13 Å². The highest BCUT2D eigenvalue weighted by atomic mass is 31.2. The molecule has 0 amide bonds. The van der Waals surface area contributed by atoms with Gasteiger partial charge in [-0.15, -0.1) is 0 Å². The van der Waals surface area contributed by atoms with E-state index in [0.29, 0.717) is 31.6 Å². The van der Waals surface area contributed by atoms with Crippen molar-refractivity contribution in [2.24, 2.45) is 11.8 Å². The van der Waals surface area contributed by atoms with Gasteiger partial charge in [0.15, 0.2) is 12.2 Å². The summed E-state index contributed by atoms with van der Waals surface area (Å²) in [4.78, 5) is 73.0. The second-order valence-electron chi connectivity index (χ2n) is 30.1. The summed E-state index contributed by atoms with van der Waals surface area (Å²) in [6.07, 6.45) is 62.7. The van der Waals surface area contributed by atoms with Gasteiger partial charge in [-0.05, 0) is 37.5 Å². The average molecular weight is 1470 g/mol. The predicted octanol–water partition coefficient (Wildman–Crippen LogP) is 24.3. The van der Waals surface area contributed by atoms with E-state index in [-0.39, 0.29) is 25.7 Å². The Morgan fingerprint density at radius 3 is 0.680 bits per heavy atom. The molecule has 5 atom stereocenters. The molecule has 0 spiro atoms. The molecule has 0 heterocycles. The normalized spacial score (nSPS) is 13.9. The van der Waals surface area contributed by atoms with Crippen LogP contribution in [0.5, 0.6) is 0 Å². The molecular weight excluding hydrogens is 1310 g/mol. The lowest BCUT2D eigenvalue weighted by Gasteiger charge is -2.21. The number of rotatable bonds is 80. The molecule has 3 N–H and O–H groups in total. The van der Waals surface area contributed by atoms with Crippen LogP contribution < -0.4 is 0 Å². The van der Waals surface area contributed by atoms with Gasteiger partial charge in [-0.3, -0.25) is 37.3 Å². The number of esters is 4. The van der Waals surface area contributed by atoms with Crippen LogP contribution in [0.3, 0.4) is 0 Å². The zero-order chi connectivity index (χ0) is 73.5. The third-order valence-electron chi connectivity index (χ3n) is 19.0. The average Bonchev–Trinajstić information content (AvgIpc) is 0.964. The first-order chi connectivity index (χ1) is 48.4. The molecule has 0 aromatic carbocycles. The lowest BCUT2D eigenvalue weighted by molar-refractivity contribution is -0.161. The minimum Gasteiger partial charge on any atom is -0.462 e. The smallest absolute Gasteiger partial charge is 0.462 e. The van der Waals surface area contributed by atoms with Crippen molar-refractivity contribution in [1.82, 2.24) is 0 Å². The molecule has 0 fully saturated rings. The maximum absolute atomic E-state index is 13.1. The number of aliphatic hydroxyl groups is 1. The molecule has 0 saturated heterocycles. The van der Waals surface area contributed by atoms with Gasteiger partial charge < -0.3 is 33.8 Å². The van der Waals surface area contributed by atoms with Crippen LogP contribution in [-0.4, -0.2) is 96.7 Å². The maximum atomic E-state index is 13.1. The number of hydrogen-bond acceptors (Lipinski definition) is 15. The molecule has 0 aliphatic rings. The van der Waals surface area contributed by atoms with Crippen LogP contribution in [0.4, 0.5) is 0 Å². The third kappa shape index (κ3) is 74.3. The summed E-state index contributed by atoms with van der Waals surface area (Å²) in [5.74, 6) is -0.667. The van der Waals surface area contributed by atoms with Crippen LogP contribution in [0, 0.1) is 11.8 Å². The molecule has 19 heteroatoms. The van der Waals surface area contributed by atoms with Gasteiger partial charge in [-0.1, -0.05) is 375 Å². The Hall–Kier alpha value is -1.94. The Morgan fingerprint density at radius 1 is 0.270 bits per heavy atom. The Balaban J connectivity index is 5.22. The van der Waals surface area contributed by atoms with Gasteiger partial charge in [-0.2, -0.15) is 0 Å². The van der Waals surface area contributed by atoms with Gasteiger partial charge in [0.1, 0.15) is 19.3 Å². The van der Waals surface area contributed by atoms with E-state index >= 15 is 0 Å². The molecule has 0 bridgehead atoms. The van der Waals surface area contributed by atoms with E-state index < -0.39 is 97.5 Å². The van der Waals surface area contributed by atoms with E-state index in [1.807, 2.05) is 0 Å². The summed E-state index contributed by atoms with van der Waals surface area (Å²) in [6.45, 7) is 9.55. The van der Waals surface area contributed by atoms with Crippen molar-refractivity contribution in [3.8, 4) is 0 Å². The Bertz CT molecular complexity index is 1920. The molecule has 2 unspecified atom stereocenters. The Labute approximate surface area is 613 Å². The van der Waals surface area contributed by atoms with E-state index in [1.165, 1.54) is 238 Å². The Morgan fingerprint density at radius 2 is 0.460 bits per heavy atom. The zero-order valence-corrected chi connectivity index (χ0v) is 67.3. The van der Waals surface area contributed by atoms with Crippen LogP contribution in [0.2, 0.25) is 0 Å². The number of hydrogen-bond donors (Lipinski definition) is 3. The van der Waals surface area contributed by atoms with E-state index in [2.05, 4.69) is 41.5 Å². The minimum absolute atomic E-state index is 0.106. The van der Waals surface area contributed by atoms with E-state index in [9.17, 15) is 43.2 Å². The SMILES string of the molecule is CCCCCCCCCCCCCCCCCCCCCCC(=O)O[C@H](COC(=O)CCCCCCCCCCCCCCCCCCC)COP(=O)(O)OC[C@@H](O)COP(=O)(O)OC[C@@H](COC(=O)CCCCCCCCC(C)C)OC(=O)CCCCCCCCCCCCCC(C)C. The van der Waals surface area contributed by atoms with E-state index in [1.54, 1.807) is 0 Å². The van der Waals surface area contributed by atoms with Gasteiger partial charge in [0.2, 0.25) is 0 Å². The number of ether oxygens (including phenoxy) is 4. The van der Waals surface area contributed by atoms with Crippen molar-refractivity contribution < 1.29 is 80.2 Å². The van der Waals surface area contributed by atoms with Crippen molar-refractivity contribution >= 4 is 39.5 Å². The number of aliphatic hydroxyl groups excluding tert-OH is 1. The van der Waals surface area contributed by atoms with Crippen molar-refractivity contribution in [2.75, 3.05) is 39.6 Å². The third-order valence-corrected chi connectivity index (χ3v) is 20.9. The lowest BCUT2D eigenvalue weighted by Crippen LogP contribution is -2.30. The molecule has 0 aromatic heterocycles. The fraction of sp³-hybridized carbons (Fsp3) is 0.951. The fourth-order valence-corrected chi connectivity index (χ4v) is 14.1. The topological polar surface area (TPSA) is 237 Å². The minimum atomic E-state index is -4.96. The highest BCUT2D eigenvalue weighted by Crippen LogP contribution is 2.45. The summed E-state index contributed by atoms with van der Waals surface area (Å²) in [5.41, 5.74) is 0. The van der Waals surface area contributed by atoms with E-state index in [4.69, 9.17) is 37.0 Å². The molecule has 100 heavy (non-hydrogen) atoms. The standard InChI is InChI=1S/C81H158O17P2/c1-7-9-11-13-15-17-19-21-23-25-26-27-29-31-33-37-41-45-53-59-65-80(85)97-76(69-91-78(83)63-57-51-44-40-36-32-30-28-24-22-20-18-16-14-12-10-8-2)71-95-99(87,88)93-67-75(82)68-94-100(89,90)96-72-77(70-92-79(84)64-58-52-48-47-50-56-62-74(5)6)98-81(86)66-60-54-46-42-38-34-35-39-43-49-55-61-73(3)4/h73-77,82H,7-72H2,1-6H3,(H,87,88)(H,89,90)/t75-,76-,77-/m1/s1. The molecule has 0 aliphatic heterocycles. The quantitative estimate of drug-likeness (QED) is 0.0222. The summed E-state index contributed by atoms with van der Waals surface area (Å²) in [7, 11) is -9.92. The number of carbonyl (C=O) groups is 4. The molecule has 0 radical (unpaired) electrons. The summed E-state index contributed by atoms with van der Waals surface area (Å²) in [6, 6.07) is 0. The van der Waals surface area contributed by atoms with E-state index in [0.717, 1.165) is 102 Å². The molecular formula is C81H158O17P2. The van der Waals surface area contributed by atoms with Crippen molar-refractivity contribution in [1.29, 1.82) is 0 Å². The fourth-order valence-electron chi connectivity index (χ4n) is 12.5. The van der Waals surface area contributed by atoms with Crippen LogP contribution >= 0.6 is 15.6 Å². The molecule has 17 nitrogen and oxygen atoms in total. The first-order valence-corrected chi connectivity index (χ1v) is 45.0. The summed E-state index contributed by atoms with van der Waals surface area (Å²) >= 11 is 0. The monoisotopic (exact) mass is 1470 g/mol. The van der Waals surface area contributed by atoms with Crippen LogP contribution in [0.1, 0.15) is 427 Å². The number of phosphoric acid groups is 2. The zero-order valence-electron chi connectivity index (χ0n) is 65.5. The van der Waals surface area contributed by atoms with Gasteiger partial charge in [0.05, 0.1) is 26.4 Å². The van der Waals surface area contributed by atoms with Crippen molar-refractivity contribution in [3.63, 3.8) is 0 Å². The number of carbonyl (C=O) groups excluding carboxylic acids is 4. The van der Waals surface area contributed by atoms with Crippen LogP contribution in [0.25, 0.3) is 0 Å². The van der Waals surface area contributed by atoms with Crippen LogP contribution in [0.15, 0.2) is 0 Å². The molecule has 0 saturated carbocycles. The molecule has 594 valence electrons. The first kappa shape index (κ1) is 98.1. The predicted molar refractivity (Wildman–Crippen MR) is 409 cm³/mol. The molecule has 0 rings (SSSR count). The number of phosphoric ester groups is 2.